The Kier molecular flexibility index (Phi) is 3.65. The van der Waals surface area contributed by atoms with Gasteiger partial charge in [-0.3, -0.25) is 4.98 Å². The molecule has 0 aromatic carbocycles. The lowest BCUT2D eigenvalue weighted by atomic mass is 9.70. The summed E-state index contributed by atoms with van der Waals surface area (Å²) in [6.07, 6.45) is 6.73. The van der Waals surface area contributed by atoms with Crippen LogP contribution in [0.15, 0.2) is 18.5 Å². The van der Waals surface area contributed by atoms with Gasteiger partial charge in [-0.25, -0.2) is 0 Å². The number of rotatable bonds is 4. The highest BCUT2D eigenvalue weighted by Crippen LogP contribution is 2.47. The number of hydrogen-bond acceptors (Lipinski definition) is 4. The minimum atomic E-state index is -0.164. The minimum Gasteiger partial charge on any atom is -0.378 e. The molecule has 3 atom stereocenters. The molecular formula is C14H19ClN2O2. The van der Waals surface area contributed by atoms with Crippen molar-refractivity contribution in [1.82, 2.24) is 4.98 Å². The normalized spacial score (nSPS) is 33.4. The highest BCUT2D eigenvalue weighted by atomic mass is 35.5. The Hall–Kier alpha value is -0.840. The summed E-state index contributed by atoms with van der Waals surface area (Å²) in [6.45, 7) is 3.59. The Bertz CT molecular complexity index is 449. The molecule has 3 rings (SSSR count). The molecule has 1 aromatic heterocycles. The van der Waals surface area contributed by atoms with Crippen molar-refractivity contribution in [2.45, 2.75) is 43.9 Å². The van der Waals surface area contributed by atoms with E-state index in [1.54, 1.807) is 12.4 Å². The van der Waals surface area contributed by atoms with Gasteiger partial charge in [0.05, 0.1) is 22.9 Å². The number of anilines is 1. The van der Waals surface area contributed by atoms with Crippen LogP contribution < -0.4 is 5.32 Å². The maximum atomic E-state index is 6.14. The molecule has 2 fully saturated rings. The molecule has 2 aliphatic rings. The predicted octanol–water partition coefficient (Wildman–Crippen LogP) is 2.87. The minimum absolute atomic E-state index is 0.164. The van der Waals surface area contributed by atoms with Crippen molar-refractivity contribution in [1.29, 1.82) is 0 Å². The van der Waals surface area contributed by atoms with Crippen molar-refractivity contribution in [3.8, 4) is 0 Å². The van der Waals surface area contributed by atoms with Crippen molar-refractivity contribution in [3.05, 3.63) is 23.5 Å². The van der Waals surface area contributed by atoms with E-state index in [1.165, 1.54) is 0 Å². The molecule has 1 spiro atoms. The summed E-state index contributed by atoms with van der Waals surface area (Å²) < 4.78 is 11.8. The van der Waals surface area contributed by atoms with Crippen LogP contribution in [0.4, 0.5) is 5.69 Å². The van der Waals surface area contributed by atoms with Crippen LogP contribution in [0.2, 0.25) is 5.02 Å². The predicted molar refractivity (Wildman–Crippen MR) is 74.6 cm³/mol. The van der Waals surface area contributed by atoms with Crippen LogP contribution in [-0.4, -0.2) is 35.9 Å². The third-order valence-corrected chi connectivity index (χ3v) is 4.44. The number of nitrogens with one attached hydrogen (secondary N) is 1. The molecule has 1 aliphatic carbocycles. The molecule has 0 unspecified atom stereocenters. The summed E-state index contributed by atoms with van der Waals surface area (Å²) in [7, 11) is 0. The summed E-state index contributed by atoms with van der Waals surface area (Å²) in [5, 5.41) is 4.14. The standard InChI is InChI=1S/C14H19ClN2O2/c1-2-18-13-8-12(14(13)5-3-7-19-14)17-11-4-6-16-9-10(11)15/h4,6,9,12-13H,2-3,5,7-8H2,1H3,(H,16,17)/t12-,13+,14-/m0/s1. The second kappa shape index (κ2) is 5.27. The van der Waals surface area contributed by atoms with Gasteiger partial charge in [-0.15, -0.1) is 0 Å². The van der Waals surface area contributed by atoms with Gasteiger partial charge in [0, 0.05) is 25.6 Å². The van der Waals surface area contributed by atoms with Gasteiger partial charge in [-0.05, 0) is 32.3 Å². The van der Waals surface area contributed by atoms with E-state index >= 15 is 0 Å². The number of ether oxygens (including phenoxy) is 2. The van der Waals surface area contributed by atoms with Crippen molar-refractivity contribution in [3.63, 3.8) is 0 Å². The Morgan fingerprint density at radius 2 is 2.53 bits per heavy atom. The van der Waals surface area contributed by atoms with Crippen LogP contribution in [0.25, 0.3) is 0 Å². The SMILES string of the molecule is CCO[C@@H]1C[C@H](Nc2ccncc2Cl)[C@@]12CCCO2. The lowest BCUT2D eigenvalue weighted by Gasteiger charge is -2.53. The summed E-state index contributed by atoms with van der Waals surface area (Å²) in [4.78, 5) is 4.00. The molecule has 1 saturated carbocycles. The number of nitrogens with zero attached hydrogens (tertiary/aromatic N) is 1. The summed E-state index contributed by atoms with van der Waals surface area (Å²) in [6, 6.07) is 2.17. The Labute approximate surface area is 118 Å². The van der Waals surface area contributed by atoms with E-state index in [0.29, 0.717) is 5.02 Å². The van der Waals surface area contributed by atoms with Crippen molar-refractivity contribution in [2.24, 2.45) is 0 Å². The molecule has 19 heavy (non-hydrogen) atoms. The average molecular weight is 283 g/mol. The van der Waals surface area contributed by atoms with Crippen LogP contribution in [0, 0.1) is 0 Å². The zero-order valence-electron chi connectivity index (χ0n) is 11.1. The first-order valence-electron chi connectivity index (χ1n) is 6.88. The zero-order valence-corrected chi connectivity index (χ0v) is 11.8. The van der Waals surface area contributed by atoms with E-state index in [0.717, 1.165) is 38.2 Å². The molecule has 104 valence electrons. The monoisotopic (exact) mass is 282 g/mol. The second-order valence-electron chi connectivity index (χ2n) is 5.14. The van der Waals surface area contributed by atoms with E-state index in [-0.39, 0.29) is 17.7 Å². The van der Waals surface area contributed by atoms with Gasteiger partial charge < -0.3 is 14.8 Å². The van der Waals surface area contributed by atoms with Crippen LogP contribution >= 0.6 is 11.6 Å². The van der Waals surface area contributed by atoms with Gasteiger partial charge in [0.2, 0.25) is 0 Å². The molecule has 0 amide bonds. The van der Waals surface area contributed by atoms with Crippen LogP contribution in [0.5, 0.6) is 0 Å². The van der Waals surface area contributed by atoms with E-state index in [1.807, 2.05) is 13.0 Å². The van der Waals surface area contributed by atoms with Gasteiger partial charge in [-0.1, -0.05) is 11.6 Å². The number of pyridine rings is 1. The van der Waals surface area contributed by atoms with E-state index in [2.05, 4.69) is 10.3 Å². The van der Waals surface area contributed by atoms with Gasteiger partial charge in [0.25, 0.3) is 0 Å². The van der Waals surface area contributed by atoms with Crippen molar-refractivity contribution in [2.75, 3.05) is 18.5 Å². The summed E-state index contributed by atoms with van der Waals surface area (Å²) in [5.41, 5.74) is 0.759. The molecule has 2 heterocycles. The van der Waals surface area contributed by atoms with Gasteiger partial charge in [-0.2, -0.15) is 0 Å². The Morgan fingerprint density at radius 1 is 1.63 bits per heavy atom. The first-order chi connectivity index (χ1) is 9.26. The average Bonchev–Trinajstić information content (AvgIpc) is 2.92. The fraction of sp³-hybridized carbons (Fsp3) is 0.643. The second-order valence-corrected chi connectivity index (χ2v) is 5.55. The number of hydrogen-bond donors (Lipinski definition) is 1. The van der Waals surface area contributed by atoms with Crippen molar-refractivity contribution < 1.29 is 9.47 Å². The largest absolute Gasteiger partial charge is 0.378 e. The van der Waals surface area contributed by atoms with Crippen LogP contribution in [0.1, 0.15) is 26.2 Å². The molecule has 0 radical (unpaired) electrons. The van der Waals surface area contributed by atoms with Gasteiger partial charge in [0.1, 0.15) is 5.60 Å². The Balaban J connectivity index is 1.74. The number of halogens is 1. The molecular weight excluding hydrogens is 264 g/mol. The summed E-state index contributed by atoms with van der Waals surface area (Å²) in [5.74, 6) is 0. The van der Waals surface area contributed by atoms with E-state index in [9.17, 15) is 0 Å². The highest BCUT2D eigenvalue weighted by Gasteiger charge is 2.58. The zero-order chi connectivity index (χ0) is 13.3. The molecule has 1 saturated heterocycles. The molecule has 1 N–H and O–H groups in total. The highest BCUT2D eigenvalue weighted by molar-refractivity contribution is 6.33. The lowest BCUT2D eigenvalue weighted by molar-refractivity contribution is -0.184. The molecule has 4 nitrogen and oxygen atoms in total. The third-order valence-electron chi connectivity index (χ3n) is 4.14. The van der Waals surface area contributed by atoms with Crippen molar-refractivity contribution >= 4 is 17.3 Å². The fourth-order valence-corrected chi connectivity index (χ4v) is 3.33. The maximum Gasteiger partial charge on any atom is 0.114 e. The van der Waals surface area contributed by atoms with E-state index < -0.39 is 0 Å². The smallest absolute Gasteiger partial charge is 0.114 e. The quantitative estimate of drug-likeness (QED) is 0.922. The molecule has 1 aromatic rings. The maximum absolute atomic E-state index is 6.14. The topological polar surface area (TPSA) is 43.4 Å². The molecule has 5 heteroatoms. The fourth-order valence-electron chi connectivity index (χ4n) is 3.16. The van der Waals surface area contributed by atoms with Crippen LogP contribution in [-0.2, 0) is 9.47 Å². The lowest BCUT2D eigenvalue weighted by Crippen LogP contribution is -2.66. The summed E-state index contributed by atoms with van der Waals surface area (Å²) >= 11 is 6.14. The first-order valence-corrected chi connectivity index (χ1v) is 7.25. The number of aromatic nitrogens is 1. The van der Waals surface area contributed by atoms with Gasteiger partial charge >= 0.3 is 0 Å². The Morgan fingerprint density at radius 3 is 3.21 bits per heavy atom. The first kappa shape index (κ1) is 13.2. The molecule has 0 bridgehead atoms. The van der Waals surface area contributed by atoms with Crippen LogP contribution in [0.3, 0.4) is 0 Å². The van der Waals surface area contributed by atoms with E-state index in [4.69, 9.17) is 21.1 Å². The van der Waals surface area contributed by atoms with Gasteiger partial charge in [0.15, 0.2) is 0 Å². The molecule has 1 aliphatic heterocycles. The third kappa shape index (κ3) is 2.22.